The van der Waals surface area contributed by atoms with Crippen LogP contribution in [-0.2, 0) is 6.54 Å². The van der Waals surface area contributed by atoms with Gasteiger partial charge in [-0.15, -0.1) is 0 Å². The fourth-order valence-electron chi connectivity index (χ4n) is 2.23. The fourth-order valence-corrected chi connectivity index (χ4v) is 2.48. The lowest BCUT2D eigenvalue weighted by Gasteiger charge is -2.12. The molecule has 124 valence electrons. The zero-order chi connectivity index (χ0) is 16.7. The van der Waals surface area contributed by atoms with E-state index < -0.39 is 0 Å². The van der Waals surface area contributed by atoms with Crippen LogP contribution in [0.25, 0.3) is 0 Å². The number of carbonyl (C=O) groups excluding carboxylic acids is 1. The maximum atomic E-state index is 11.9. The number of benzene rings is 1. The van der Waals surface area contributed by atoms with Crippen molar-refractivity contribution in [3.63, 3.8) is 0 Å². The van der Waals surface area contributed by atoms with E-state index in [2.05, 4.69) is 20.2 Å². The molecule has 0 aliphatic carbocycles. The number of hydrogen-bond acceptors (Lipinski definition) is 3. The number of urea groups is 1. The number of nitrogens with one attached hydrogen (secondary N) is 2. The highest BCUT2D eigenvalue weighted by Crippen LogP contribution is 2.32. The zero-order valence-electron chi connectivity index (χ0n) is 13.3. The van der Waals surface area contributed by atoms with E-state index in [4.69, 9.17) is 16.3 Å². The van der Waals surface area contributed by atoms with Crippen molar-refractivity contribution in [2.75, 3.05) is 19.0 Å². The Hall–Kier alpha value is -2.21. The average Bonchev–Trinajstić information content (AvgIpc) is 2.92. The molecular formula is C16H21ClN4O2. The third kappa shape index (κ3) is 4.89. The molecule has 0 atom stereocenters. The van der Waals surface area contributed by atoms with Gasteiger partial charge < -0.3 is 19.9 Å². The average molecular weight is 337 g/mol. The zero-order valence-corrected chi connectivity index (χ0v) is 14.1. The third-order valence-electron chi connectivity index (χ3n) is 3.45. The molecule has 2 aromatic rings. The van der Waals surface area contributed by atoms with Crippen molar-refractivity contribution < 1.29 is 9.53 Å². The van der Waals surface area contributed by atoms with Crippen LogP contribution < -0.4 is 15.4 Å². The van der Waals surface area contributed by atoms with Crippen LogP contribution >= 0.6 is 11.6 Å². The van der Waals surface area contributed by atoms with E-state index in [1.165, 1.54) is 7.11 Å². The van der Waals surface area contributed by atoms with Crippen LogP contribution in [0.2, 0.25) is 5.02 Å². The summed E-state index contributed by atoms with van der Waals surface area (Å²) in [6.07, 6.45) is 5.61. The molecule has 0 aliphatic rings. The SMILES string of the molecule is COc1c(Cl)cccc1NC(=O)NCCCCn1ccnc1C. The number of halogens is 1. The number of imidazole rings is 1. The molecule has 0 bridgehead atoms. The van der Waals surface area contributed by atoms with Crippen molar-refractivity contribution in [1.82, 2.24) is 14.9 Å². The minimum Gasteiger partial charge on any atom is -0.493 e. The van der Waals surface area contributed by atoms with E-state index in [1.54, 1.807) is 24.4 Å². The number of amides is 2. The molecular weight excluding hydrogens is 316 g/mol. The summed E-state index contributed by atoms with van der Waals surface area (Å²) < 4.78 is 7.28. The highest BCUT2D eigenvalue weighted by Gasteiger charge is 2.09. The maximum Gasteiger partial charge on any atom is 0.319 e. The predicted octanol–water partition coefficient (Wildman–Crippen LogP) is 3.46. The number of nitrogens with zero attached hydrogens (tertiary/aromatic N) is 2. The summed E-state index contributed by atoms with van der Waals surface area (Å²) in [6, 6.07) is 4.94. The molecule has 7 heteroatoms. The summed E-state index contributed by atoms with van der Waals surface area (Å²) in [5.41, 5.74) is 0.548. The lowest BCUT2D eigenvalue weighted by Crippen LogP contribution is -2.29. The molecule has 0 saturated heterocycles. The number of hydrogen-bond donors (Lipinski definition) is 2. The van der Waals surface area contributed by atoms with Gasteiger partial charge in [-0.1, -0.05) is 17.7 Å². The molecule has 0 unspecified atom stereocenters. The Kier molecular flexibility index (Phi) is 6.29. The summed E-state index contributed by atoms with van der Waals surface area (Å²) >= 11 is 6.02. The molecule has 2 amide bonds. The van der Waals surface area contributed by atoms with E-state index >= 15 is 0 Å². The quantitative estimate of drug-likeness (QED) is 0.761. The van der Waals surface area contributed by atoms with Gasteiger partial charge in [0.05, 0.1) is 17.8 Å². The Morgan fingerprint density at radius 3 is 2.91 bits per heavy atom. The smallest absolute Gasteiger partial charge is 0.319 e. The van der Waals surface area contributed by atoms with Crippen LogP contribution in [0.15, 0.2) is 30.6 Å². The monoisotopic (exact) mass is 336 g/mol. The van der Waals surface area contributed by atoms with Crippen molar-refractivity contribution in [3.8, 4) is 5.75 Å². The Labute approximate surface area is 140 Å². The minimum atomic E-state index is -0.274. The molecule has 1 aromatic carbocycles. The molecule has 2 rings (SSSR count). The van der Waals surface area contributed by atoms with Crippen molar-refractivity contribution in [3.05, 3.63) is 41.4 Å². The standard InChI is InChI=1S/C16H21ClN4O2/c1-12-18-9-11-21(12)10-4-3-8-19-16(22)20-14-7-5-6-13(17)15(14)23-2/h5-7,9,11H,3-4,8,10H2,1-2H3,(H2,19,20,22). The molecule has 1 heterocycles. The first-order chi connectivity index (χ1) is 11.1. The fraction of sp³-hybridized carbons (Fsp3) is 0.375. The number of ether oxygens (including phenoxy) is 1. The van der Waals surface area contributed by atoms with Crippen molar-refractivity contribution in [2.45, 2.75) is 26.3 Å². The first kappa shape index (κ1) is 17.1. The number of aromatic nitrogens is 2. The van der Waals surface area contributed by atoms with Crippen LogP contribution in [0.1, 0.15) is 18.7 Å². The number of anilines is 1. The van der Waals surface area contributed by atoms with Crippen molar-refractivity contribution in [1.29, 1.82) is 0 Å². The van der Waals surface area contributed by atoms with E-state index in [0.717, 1.165) is 25.2 Å². The second-order valence-electron chi connectivity index (χ2n) is 5.08. The van der Waals surface area contributed by atoms with Gasteiger partial charge in [-0.25, -0.2) is 9.78 Å². The maximum absolute atomic E-state index is 11.9. The Balaban J connectivity index is 1.71. The lowest BCUT2D eigenvalue weighted by molar-refractivity contribution is 0.251. The van der Waals surface area contributed by atoms with Gasteiger partial charge in [0.2, 0.25) is 0 Å². The van der Waals surface area contributed by atoms with Crippen LogP contribution in [0.3, 0.4) is 0 Å². The molecule has 1 aromatic heterocycles. The molecule has 0 saturated carbocycles. The number of unbranched alkanes of at least 4 members (excludes halogenated alkanes) is 1. The van der Waals surface area contributed by atoms with Gasteiger partial charge in [0, 0.05) is 25.5 Å². The molecule has 6 nitrogen and oxygen atoms in total. The first-order valence-corrected chi connectivity index (χ1v) is 7.84. The normalized spacial score (nSPS) is 10.4. The Morgan fingerprint density at radius 1 is 1.39 bits per heavy atom. The predicted molar refractivity (Wildman–Crippen MR) is 91.2 cm³/mol. The van der Waals surface area contributed by atoms with Gasteiger partial charge in [-0.2, -0.15) is 0 Å². The Bertz CT molecular complexity index is 657. The van der Waals surface area contributed by atoms with E-state index in [0.29, 0.717) is 23.0 Å². The summed E-state index contributed by atoms with van der Waals surface area (Å²) in [5, 5.41) is 6.02. The molecule has 23 heavy (non-hydrogen) atoms. The third-order valence-corrected chi connectivity index (χ3v) is 3.75. The number of rotatable bonds is 7. The molecule has 0 spiro atoms. The topological polar surface area (TPSA) is 68.2 Å². The van der Waals surface area contributed by atoms with E-state index in [-0.39, 0.29) is 6.03 Å². The highest BCUT2D eigenvalue weighted by atomic mass is 35.5. The van der Waals surface area contributed by atoms with Crippen LogP contribution in [0.5, 0.6) is 5.75 Å². The second-order valence-corrected chi connectivity index (χ2v) is 5.48. The van der Waals surface area contributed by atoms with Crippen molar-refractivity contribution >= 4 is 23.3 Å². The van der Waals surface area contributed by atoms with Crippen LogP contribution in [0, 0.1) is 6.92 Å². The number of methoxy groups -OCH3 is 1. The first-order valence-electron chi connectivity index (χ1n) is 7.47. The minimum absolute atomic E-state index is 0.274. The molecule has 0 fully saturated rings. The van der Waals surface area contributed by atoms with Crippen LogP contribution in [0.4, 0.5) is 10.5 Å². The van der Waals surface area contributed by atoms with E-state index in [1.807, 2.05) is 13.1 Å². The number of carbonyl (C=O) groups is 1. The molecule has 0 aliphatic heterocycles. The molecule has 0 radical (unpaired) electrons. The van der Waals surface area contributed by atoms with Gasteiger partial charge in [0.15, 0.2) is 5.75 Å². The van der Waals surface area contributed by atoms with Gasteiger partial charge in [0.1, 0.15) is 5.82 Å². The van der Waals surface area contributed by atoms with Crippen LogP contribution in [-0.4, -0.2) is 29.2 Å². The second kappa shape index (κ2) is 8.43. The summed E-state index contributed by atoms with van der Waals surface area (Å²) in [7, 11) is 1.52. The Morgan fingerprint density at radius 2 is 2.22 bits per heavy atom. The van der Waals surface area contributed by atoms with Gasteiger partial charge in [0.25, 0.3) is 0 Å². The summed E-state index contributed by atoms with van der Waals surface area (Å²) in [5.74, 6) is 1.46. The summed E-state index contributed by atoms with van der Waals surface area (Å²) in [6.45, 7) is 3.48. The van der Waals surface area contributed by atoms with Gasteiger partial charge in [-0.05, 0) is 31.9 Å². The van der Waals surface area contributed by atoms with Gasteiger partial charge >= 0.3 is 6.03 Å². The number of para-hydroxylation sites is 1. The highest BCUT2D eigenvalue weighted by molar-refractivity contribution is 6.32. The van der Waals surface area contributed by atoms with Crippen molar-refractivity contribution in [2.24, 2.45) is 0 Å². The summed E-state index contributed by atoms with van der Waals surface area (Å²) in [4.78, 5) is 16.1. The lowest BCUT2D eigenvalue weighted by atomic mass is 10.3. The largest absolute Gasteiger partial charge is 0.493 e. The number of aryl methyl sites for hydroxylation is 2. The van der Waals surface area contributed by atoms with E-state index in [9.17, 15) is 4.79 Å². The van der Waals surface area contributed by atoms with Gasteiger partial charge in [-0.3, -0.25) is 0 Å². The molecule has 2 N–H and O–H groups in total.